The first-order valence-electron chi connectivity index (χ1n) is 5.11. The summed E-state index contributed by atoms with van der Waals surface area (Å²) in [6.45, 7) is 0. The number of hydrogen-bond acceptors (Lipinski definition) is 4. The summed E-state index contributed by atoms with van der Waals surface area (Å²) in [6, 6.07) is 14.6. The summed E-state index contributed by atoms with van der Waals surface area (Å²) in [6.07, 6.45) is 0. The van der Waals surface area contributed by atoms with Crippen LogP contribution in [0.15, 0.2) is 42.5 Å². The molecular formula is C13H12N4. The van der Waals surface area contributed by atoms with Gasteiger partial charge in [-0.05, 0) is 42.5 Å². The van der Waals surface area contributed by atoms with Gasteiger partial charge in [-0.1, -0.05) is 0 Å². The highest BCUT2D eigenvalue weighted by molar-refractivity contribution is 5.70. The number of rotatable bonds is 2. The molecule has 84 valence electrons. The predicted molar refractivity (Wildman–Crippen MR) is 69.7 cm³/mol. The summed E-state index contributed by atoms with van der Waals surface area (Å²) >= 11 is 0. The van der Waals surface area contributed by atoms with E-state index in [0.717, 1.165) is 11.4 Å². The zero-order valence-electron chi connectivity index (χ0n) is 9.14. The van der Waals surface area contributed by atoms with E-state index in [4.69, 9.17) is 16.7 Å². The largest absolute Gasteiger partial charge is 0.399 e. The van der Waals surface area contributed by atoms with Crippen LogP contribution in [-0.4, -0.2) is 0 Å². The van der Waals surface area contributed by atoms with Crippen LogP contribution >= 0.6 is 0 Å². The summed E-state index contributed by atoms with van der Waals surface area (Å²) in [7, 11) is 0. The number of nitriles is 1. The summed E-state index contributed by atoms with van der Waals surface area (Å²) in [5.41, 5.74) is 14.6. The molecule has 0 aliphatic rings. The number of benzene rings is 2. The molecule has 4 nitrogen and oxygen atoms in total. The summed E-state index contributed by atoms with van der Waals surface area (Å²) in [4.78, 5) is 0. The highest BCUT2D eigenvalue weighted by Gasteiger charge is 2.02. The van der Waals surface area contributed by atoms with E-state index < -0.39 is 0 Å². The van der Waals surface area contributed by atoms with Crippen molar-refractivity contribution in [2.75, 3.05) is 16.8 Å². The number of nitrogens with zero attached hydrogens (tertiary/aromatic N) is 1. The molecule has 0 aromatic heterocycles. The molecule has 0 aliphatic carbocycles. The lowest BCUT2D eigenvalue weighted by Gasteiger charge is -2.08. The van der Waals surface area contributed by atoms with Crippen molar-refractivity contribution < 1.29 is 0 Å². The Morgan fingerprint density at radius 3 is 2.24 bits per heavy atom. The van der Waals surface area contributed by atoms with Gasteiger partial charge in [0.2, 0.25) is 0 Å². The molecule has 2 aromatic carbocycles. The number of nitrogens with two attached hydrogens (primary N) is 2. The minimum absolute atomic E-state index is 0.516. The highest BCUT2D eigenvalue weighted by atomic mass is 14.9. The Bertz CT molecular complexity index is 567. The van der Waals surface area contributed by atoms with E-state index in [2.05, 4.69) is 11.4 Å². The van der Waals surface area contributed by atoms with Gasteiger partial charge in [-0.15, -0.1) is 0 Å². The molecule has 0 spiro atoms. The van der Waals surface area contributed by atoms with Crippen LogP contribution < -0.4 is 16.8 Å². The molecule has 2 aromatic rings. The molecule has 0 unspecified atom stereocenters. The summed E-state index contributed by atoms with van der Waals surface area (Å²) in [5.74, 6) is 0. The lowest BCUT2D eigenvalue weighted by atomic mass is 10.1. The van der Waals surface area contributed by atoms with Crippen LogP contribution in [-0.2, 0) is 0 Å². The van der Waals surface area contributed by atoms with Crippen LogP contribution in [0.1, 0.15) is 5.56 Å². The van der Waals surface area contributed by atoms with E-state index in [0.29, 0.717) is 16.9 Å². The summed E-state index contributed by atoms with van der Waals surface area (Å²) in [5, 5.41) is 12.1. The Morgan fingerprint density at radius 2 is 1.59 bits per heavy atom. The molecule has 0 bridgehead atoms. The normalized spacial score (nSPS) is 9.59. The third-order valence-electron chi connectivity index (χ3n) is 2.35. The zero-order valence-corrected chi connectivity index (χ0v) is 9.14. The van der Waals surface area contributed by atoms with Crippen molar-refractivity contribution in [1.29, 1.82) is 5.26 Å². The van der Waals surface area contributed by atoms with Crippen molar-refractivity contribution in [3.63, 3.8) is 0 Å². The van der Waals surface area contributed by atoms with Gasteiger partial charge in [0.25, 0.3) is 0 Å². The highest BCUT2D eigenvalue weighted by Crippen LogP contribution is 2.23. The first kappa shape index (κ1) is 10.8. The zero-order chi connectivity index (χ0) is 12.3. The van der Waals surface area contributed by atoms with Crippen molar-refractivity contribution in [2.24, 2.45) is 0 Å². The molecule has 2 rings (SSSR count). The monoisotopic (exact) mass is 224 g/mol. The average molecular weight is 224 g/mol. The molecule has 0 aliphatic heterocycles. The van der Waals surface area contributed by atoms with E-state index in [1.54, 1.807) is 30.3 Å². The molecule has 0 heterocycles. The van der Waals surface area contributed by atoms with E-state index in [9.17, 15) is 0 Å². The second-order valence-electron chi connectivity index (χ2n) is 3.66. The van der Waals surface area contributed by atoms with Crippen LogP contribution in [0.2, 0.25) is 0 Å². The minimum atomic E-state index is 0.516. The molecule has 17 heavy (non-hydrogen) atoms. The van der Waals surface area contributed by atoms with Crippen molar-refractivity contribution in [2.45, 2.75) is 0 Å². The number of anilines is 4. The van der Waals surface area contributed by atoms with Crippen molar-refractivity contribution in [3.05, 3.63) is 48.0 Å². The Balaban J connectivity index is 2.30. The second-order valence-corrected chi connectivity index (χ2v) is 3.66. The second kappa shape index (κ2) is 4.45. The van der Waals surface area contributed by atoms with Crippen molar-refractivity contribution in [3.8, 4) is 6.07 Å². The van der Waals surface area contributed by atoms with Crippen molar-refractivity contribution in [1.82, 2.24) is 0 Å². The van der Waals surface area contributed by atoms with Crippen molar-refractivity contribution >= 4 is 22.7 Å². The fourth-order valence-electron chi connectivity index (χ4n) is 1.49. The molecule has 0 radical (unpaired) electrons. The van der Waals surface area contributed by atoms with Gasteiger partial charge < -0.3 is 16.8 Å². The quantitative estimate of drug-likeness (QED) is 0.684. The fourth-order valence-corrected chi connectivity index (χ4v) is 1.49. The third kappa shape index (κ3) is 2.47. The lowest BCUT2D eigenvalue weighted by molar-refractivity contribution is 1.46. The van der Waals surface area contributed by atoms with Gasteiger partial charge in [0.15, 0.2) is 0 Å². The molecule has 5 N–H and O–H groups in total. The first-order chi connectivity index (χ1) is 8.19. The van der Waals surface area contributed by atoms with Crippen LogP contribution in [0.3, 0.4) is 0 Å². The Morgan fingerprint density at radius 1 is 0.941 bits per heavy atom. The summed E-state index contributed by atoms with van der Waals surface area (Å²) < 4.78 is 0. The van der Waals surface area contributed by atoms with E-state index in [-0.39, 0.29) is 0 Å². The van der Waals surface area contributed by atoms with Gasteiger partial charge in [0, 0.05) is 17.1 Å². The van der Waals surface area contributed by atoms with Crippen LogP contribution in [0.4, 0.5) is 22.7 Å². The smallest absolute Gasteiger partial charge is 0.101 e. The molecule has 4 heteroatoms. The topological polar surface area (TPSA) is 87.9 Å². The molecular weight excluding hydrogens is 212 g/mol. The molecule has 0 atom stereocenters. The van der Waals surface area contributed by atoms with Crippen LogP contribution in [0.25, 0.3) is 0 Å². The van der Waals surface area contributed by atoms with Gasteiger partial charge in [0.1, 0.15) is 6.07 Å². The Kier molecular flexibility index (Phi) is 2.84. The third-order valence-corrected chi connectivity index (χ3v) is 2.35. The van der Waals surface area contributed by atoms with E-state index in [1.807, 2.05) is 12.1 Å². The van der Waals surface area contributed by atoms with Gasteiger partial charge in [0.05, 0.1) is 11.3 Å². The number of hydrogen-bond donors (Lipinski definition) is 3. The van der Waals surface area contributed by atoms with Gasteiger partial charge >= 0.3 is 0 Å². The standard InChI is InChI=1S/C13H12N4/c14-8-9-7-11(16)3-6-13(9)17-12-4-1-10(15)2-5-12/h1-7,17H,15-16H2. The lowest BCUT2D eigenvalue weighted by Crippen LogP contribution is -1.95. The predicted octanol–water partition coefficient (Wildman–Crippen LogP) is 2.47. The number of nitrogen functional groups attached to an aromatic ring is 2. The van der Waals surface area contributed by atoms with Gasteiger partial charge in [-0.2, -0.15) is 5.26 Å². The maximum Gasteiger partial charge on any atom is 0.101 e. The number of nitrogens with one attached hydrogen (secondary N) is 1. The van der Waals surface area contributed by atoms with Gasteiger partial charge in [-0.3, -0.25) is 0 Å². The van der Waals surface area contributed by atoms with Crippen LogP contribution in [0.5, 0.6) is 0 Å². The maximum atomic E-state index is 9.00. The first-order valence-corrected chi connectivity index (χ1v) is 5.11. The molecule has 0 amide bonds. The Labute approximate surface area is 99.5 Å². The molecule has 0 saturated heterocycles. The molecule has 0 fully saturated rings. The van der Waals surface area contributed by atoms with Gasteiger partial charge in [-0.25, -0.2) is 0 Å². The fraction of sp³-hybridized carbons (Fsp3) is 0. The maximum absolute atomic E-state index is 9.00. The van der Waals surface area contributed by atoms with E-state index >= 15 is 0 Å². The average Bonchev–Trinajstić information content (AvgIpc) is 2.34. The Hall–Kier alpha value is -2.67. The minimum Gasteiger partial charge on any atom is -0.399 e. The molecule has 0 saturated carbocycles. The SMILES string of the molecule is N#Cc1cc(N)ccc1Nc1ccc(N)cc1. The van der Waals surface area contributed by atoms with E-state index in [1.165, 1.54) is 0 Å². The van der Waals surface area contributed by atoms with Crippen LogP contribution in [0, 0.1) is 11.3 Å².